The minimum atomic E-state index is -0.555. The van der Waals surface area contributed by atoms with Crippen LogP contribution in [0, 0.1) is 5.92 Å². The summed E-state index contributed by atoms with van der Waals surface area (Å²) in [6.45, 7) is 0. The largest absolute Gasteiger partial charge is 0.496 e. The zero-order valence-electron chi connectivity index (χ0n) is 17.3. The smallest absolute Gasteiger partial charge is 0.258 e. The second kappa shape index (κ2) is 8.02. The normalized spacial score (nSPS) is 22.9. The van der Waals surface area contributed by atoms with Crippen LogP contribution < -0.4 is 10.1 Å². The Morgan fingerprint density at radius 3 is 2.81 bits per heavy atom. The third-order valence-electron chi connectivity index (χ3n) is 6.51. The van der Waals surface area contributed by atoms with Crippen LogP contribution in [0.25, 0.3) is 11.0 Å². The molecule has 2 fully saturated rings. The molecular weight excluding hydrogens is 396 g/mol. The van der Waals surface area contributed by atoms with E-state index in [-0.39, 0.29) is 17.9 Å². The molecule has 31 heavy (non-hydrogen) atoms. The van der Waals surface area contributed by atoms with Crippen LogP contribution >= 0.6 is 0 Å². The highest BCUT2D eigenvalue weighted by atomic mass is 16.6. The van der Waals surface area contributed by atoms with Crippen LogP contribution in [0.4, 0.5) is 5.69 Å². The van der Waals surface area contributed by atoms with Crippen molar-refractivity contribution in [1.82, 2.24) is 15.2 Å². The number of para-hydroxylation sites is 1. The molecule has 8 heteroatoms. The predicted octanol–water partition coefficient (Wildman–Crippen LogP) is 3.64. The summed E-state index contributed by atoms with van der Waals surface area (Å²) in [6.07, 6.45) is 4.81. The molecule has 1 N–H and O–H groups in total. The quantitative estimate of drug-likeness (QED) is 0.692. The van der Waals surface area contributed by atoms with Gasteiger partial charge in [0.2, 0.25) is 5.91 Å². The van der Waals surface area contributed by atoms with Gasteiger partial charge in [-0.05, 0) is 59.8 Å². The van der Waals surface area contributed by atoms with Gasteiger partial charge in [-0.15, -0.1) is 0 Å². The van der Waals surface area contributed by atoms with Gasteiger partial charge in [-0.25, -0.2) is 4.63 Å². The Labute approximate surface area is 179 Å². The number of methoxy groups -OCH3 is 1. The minimum absolute atomic E-state index is 0.0615. The highest BCUT2D eigenvalue weighted by Crippen LogP contribution is 2.41. The van der Waals surface area contributed by atoms with Crippen LogP contribution in [0.5, 0.6) is 5.75 Å². The average Bonchev–Trinajstić information content (AvgIpc) is 3.44. The molecule has 1 saturated carbocycles. The molecule has 0 spiro atoms. The van der Waals surface area contributed by atoms with Crippen LogP contribution in [0.15, 0.2) is 47.1 Å². The summed E-state index contributed by atoms with van der Waals surface area (Å²) < 4.78 is 10.2. The molecule has 1 saturated heterocycles. The number of hydrogen-bond donors (Lipinski definition) is 1. The van der Waals surface area contributed by atoms with E-state index < -0.39 is 6.04 Å². The van der Waals surface area contributed by atoms with Gasteiger partial charge in [-0.1, -0.05) is 31.0 Å². The van der Waals surface area contributed by atoms with E-state index in [2.05, 4.69) is 15.6 Å². The number of benzene rings is 2. The third-order valence-corrected chi connectivity index (χ3v) is 6.51. The van der Waals surface area contributed by atoms with Gasteiger partial charge < -0.3 is 15.0 Å². The summed E-state index contributed by atoms with van der Waals surface area (Å²) in [5.74, 6) is 0.471. The van der Waals surface area contributed by atoms with E-state index in [0.717, 1.165) is 25.7 Å². The molecule has 2 amide bonds. The van der Waals surface area contributed by atoms with E-state index in [1.165, 1.54) is 0 Å². The number of rotatable bonds is 4. The molecule has 3 aromatic rings. The average molecular weight is 420 g/mol. The zero-order valence-corrected chi connectivity index (χ0v) is 17.3. The number of nitrogens with zero attached hydrogens (tertiary/aromatic N) is 3. The predicted molar refractivity (Wildman–Crippen MR) is 114 cm³/mol. The molecule has 0 radical (unpaired) electrons. The van der Waals surface area contributed by atoms with E-state index >= 15 is 0 Å². The van der Waals surface area contributed by atoms with Crippen LogP contribution in [0.3, 0.4) is 0 Å². The second-order valence-corrected chi connectivity index (χ2v) is 8.20. The summed E-state index contributed by atoms with van der Waals surface area (Å²) in [5, 5.41) is 10.7. The summed E-state index contributed by atoms with van der Waals surface area (Å²) in [5.41, 5.74) is 2.08. The van der Waals surface area contributed by atoms with E-state index in [1.54, 1.807) is 42.3 Å². The summed E-state index contributed by atoms with van der Waals surface area (Å²) in [7, 11) is 1.55. The first-order valence-corrected chi connectivity index (χ1v) is 10.6. The number of carbonyl (C=O) groups excluding carboxylic acids is 2. The topological polar surface area (TPSA) is 97.6 Å². The summed E-state index contributed by atoms with van der Waals surface area (Å²) in [4.78, 5) is 28.8. The molecule has 1 aliphatic carbocycles. The number of hydrogen-bond acceptors (Lipinski definition) is 6. The van der Waals surface area contributed by atoms with Crippen molar-refractivity contribution in [3.05, 3.63) is 48.0 Å². The molecule has 8 nitrogen and oxygen atoms in total. The number of anilines is 1. The molecule has 2 aromatic carbocycles. The molecule has 5 rings (SSSR count). The van der Waals surface area contributed by atoms with Crippen molar-refractivity contribution >= 4 is 28.5 Å². The first-order valence-electron chi connectivity index (χ1n) is 10.6. The van der Waals surface area contributed by atoms with Crippen LogP contribution in [0.1, 0.15) is 42.5 Å². The molecule has 0 unspecified atom stereocenters. The van der Waals surface area contributed by atoms with Gasteiger partial charge in [-0.2, -0.15) is 0 Å². The molecule has 2 heterocycles. The zero-order chi connectivity index (χ0) is 21.4. The lowest BCUT2D eigenvalue weighted by Gasteiger charge is -2.34. The molecule has 3 atom stereocenters. The number of aromatic nitrogens is 2. The SMILES string of the molecule is COc1ccccc1C(=O)N1[C@H](C(=O)Nc2cccc3nonc23)C[C@H]2CCCC[C@@H]21. The first kappa shape index (κ1) is 19.5. The van der Waals surface area contributed by atoms with E-state index in [4.69, 9.17) is 9.37 Å². The first-order chi connectivity index (χ1) is 15.2. The van der Waals surface area contributed by atoms with Gasteiger partial charge >= 0.3 is 0 Å². The van der Waals surface area contributed by atoms with Crippen LogP contribution in [0.2, 0.25) is 0 Å². The second-order valence-electron chi connectivity index (χ2n) is 8.20. The molecule has 160 valence electrons. The maximum absolute atomic E-state index is 13.6. The Morgan fingerprint density at radius 2 is 1.94 bits per heavy atom. The van der Waals surface area contributed by atoms with Crippen molar-refractivity contribution in [2.24, 2.45) is 5.92 Å². The maximum Gasteiger partial charge on any atom is 0.258 e. The fourth-order valence-corrected chi connectivity index (χ4v) is 5.07. The lowest BCUT2D eigenvalue weighted by molar-refractivity contribution is -0.120. The van der Waals surface area contributed by atoms with Crippen molar-refractivity contribution < 1.29 is 19.0 Å². The summed E-state index contributed by atoms with van der Waals surface area (Å²) >= 11 is 0. The number of nitrogens with one attached hydrogen (secondary N) is 1. The van der Waals surface area contributed by atoms with Crippen LogP contribution in [-0.4, -0.2) is 46.2 Å². The van der Waals surface area contributed by atoms with Crippen LogP contribution in [-0.2, 0) is 4.79 Å². The van der Waals surface area contributed by atoms with Crippen molar-refractivity contribution in [2.45, 2.75) is 44.2 Å². The van der Waals surface area contributed by atoms with Crippen molar-refractivity contribution in [3.63, 3.8) is 0 Å². The lowest BCUT2D eigenvalue weighted by atomic mass is 9.84. The van der Waals surface area contributed by atoms with Gasteiger partial charge in [0.05, 0.1) is 18.4 Å². The monoisotopic (exact) mass is 420 g/mol. The van der Waals surface area contributed by atoms with Gasteiger partial charge in [0.25, 0.3) is 5.91 Å². The number of ether oxygens (including phenoxy) is 1. The van der Waals surface area contributed by atoms with E-state index in [0.29, 0.717) is 40.4 Å². The van der Waals surface area contributed by atoms with Gasteiger partial charge in [-0.3, -0.25) is 9.59 Å². The standard InChI is InChI=1S/C23H24N4O4/c1-30-20-12-5-3-8-15(20)23(29)27-18-11-4-2-7-14(18)13-19(27)22(28)24-16-9-6-10-17-21(16)26-31-25-17/h3,5-6,8-10,12,14,18-19H,2,4,7,11,13H2,1H3,(H,24,28)/t14-,18+,19+/m1/s1. The number of amides is 2. The third kappa shape index (κ3) is 3.41. The van der Waals surface area contributed by atoms with Gasteiger partial charge in [0.1, 0.15) is 17.3 Å². The highest BCUT2D eigenvalue weighted by Gasteiger charge is 2.48. The number of fused-ring (bicyclic) bond motifs is 2. The highest BCUT2D eigenvalue weighted by molar-refractivity contribution is 6.05. The van der Waals surface area contributed by atoms with Gasteiger partial charge in [0, 0.05) is 6.04 Å². The minimum Gasteiger partial charge on any atom is -0.496 e. The fourth-order valence-electron chi connectivity index (χ4n) is 5.07. The van der Waals surface area contributed by atoms with Crippen molar-refractivity contribution in [2.75, 3.05) is 12.4 Å². The fraction of sp³-hybridized carbons (Fsp3) is 0.391. The van der Waals surface area contributed by atoms with E-state index in [1.807, 2.05) is 12.1 Å². The number of carbonyl (C=O) groups is 2. The molecular formula is C23H24N4O4. The maximum atomic E-state index is 13.6. The molecule has 0 bridgehead atoms. The van der Waals surface area contributed by atoms with Crippen molar-refractivity contribution in [3.8, 4) is 5.75 Å². The van der Waals surface area contributed by atoms with Gasteiger partial charge in [0.15, 0.2) is 5.52 Å². The Hall–Kier alpha value is -3.42. The van der Waals surface area contributed by atoms with Crippen molar-refractivity contribution in [1.29, 1.82) is 0 Å². The molecule has 2 aliphatic rings. The Morgan fingerprint density at radius 1 is 1.10 bits per heavy atom. The summed E-state index contributed by atoms with van der Waals surface area (Å²) in [6, 6.07) is 12.0. The Balaban J connectivity index is 1.47. The number of likely N-dealkylation sites (tertiary alicyclic amines) is 1. The Kier molecular flexibility index (Phi) is 5.05. The molecule has 1 aromatic heterocycles. The lowest BCUT2D eigenvalue weighted by Crippen LogP contribution is -2.48. The Bertz CT molecular complexity index is 1130. The molecule has 1 aliphatic heterocycles. The van der Waals surface area contributed by atoms with E-state index in [9.17, 15) is 9.59 Å².